The molecule has 2 aromatic rings. The molecular formula is C20H21FN2O5. The lowest BCUT2D eigenvalue weighted by molar-refractivity contribution is 0.0652. The van der Waals surface area contributed by atoms with E-state index in [4.69, 9.17) is 4.74 Å². The van der Waals surface area contributed by atoms with E-state index >= 15 is 0 Å². The van der Waals surface area contributed by atoms with Crippen molar-refractivity contribution in [2.24, 2.45) is 5.92 Å². The Kier molecular flexibility index (Phi) is 4.58. The van der Waals surface area contributed by atoms with E-state index in [-0.39, 0.29) is 36.1 Å². The second kappa shape index (κ2) is 6.94. The summed E-state index contributed by atoms with van der Waals surface area (Å²) in [5, 5.41) is 20.1. The fraction of sp³-hybridized carbons (Fsp3) is 0.400. The highest BCUT2D eigenvalue weighted by atomic mass is 19.1. The molecule has 1 aromatic heterocycles. The average Bonchev–Trinajstić information content (AvgIpc) is 3.37. The monoisotopic (exact) mass is 388 g/mol. The molecule has 0 spiro atoms. The zero-order valence-corrected chi connectivity index (χ0v) is 15.3. The number of pyridine rings is 1. The highest BCUT2D eigenvalue weighted by Gasteiger charge is 2.61. The van der Waals surface area contributed by atoms with E-state index < -0.39 is 23.0 Å². The number of amides is 1. The molecule has 0 radical (unpaired) electrons. The summed E-state index contributed by atoms with van der Waals surface area (Å²) in [6.45, 7) is 3.15. The molecular weight excluding hydrogens is 367 g/mol. The Morgan fingerprint density at radius 3 is 2.54 bits per heavy atom. The molecule has 8 heteroatoms. The summed E-state index contributed by atoms with van der Waals surface area (Å²) in [6.07, 6.45) is 0.853. The third-order valence-electron chi connectivity index (χ3n) is 5.34. The van der Waals surface area contributed by atoms with Crippen molar-refractivity contribution in [2.45, 2.75) is 32.0 Å². The van der Waals surface area contributed by atoms with Crippen LogP contribution in [0.2, 0.25) is 0 Å². The quantitative estimate of drug-likeness (QED) is 0.739. The Morgan fingerprint density at radius 2 is 1.86 bits per heavy atom. The molecule has 0 saturated heterocycles. The van der Waals surface area contributed by atoms with Crippen LogP contribution in [0.4, 0.5) is 4.39 Å². The van der Waals surface area contributed by atoms with E-state index in [9.17, 15) is 24.2 Å². The maximum Gasteiger partial charge on any atom is 0.275 e. The van der Waals surface area contributed by atoms with Crippen LogP contribution < -0.4 is 5.56 Å². The molecule has 1 aliphatic carbocycles. The molecule has 1 saturated carbocycles. The van der Waals surface area contributed by atoms with Crippen molar-refractivity contribution < 1.29 is 24.1 Å². The van der Waals surface area contributed by atoms with Crippen LogP contribution in [0.5, 0.6) is 11.5 Å². The predicted octanol–water partition coefficient (Wildman–Crippen LogP) is 2.02. The van der Waals surface area contributed by atoms with E-state index in [1.165, 1.54) is 16.7 Å². The normalized spacial score (nSPS) is 22.7. The van der Waals surface area contributed by atoms with Crippen LogP contribution in [-0.2, 0) is 11.3 Å². The van der Waals surface area contributed by atoms with Gasteiger partial charge in [-0.2, -0.15) is 0 Å². The predicted molar refractivity (Wildman–Crippen MR) is 97.7 cm³/mol. The second-order valence-corrected chi connectivity index (χ2v) is 7.21. The number of carbonyl (C=O) groups excluding carboxylic acids is 1. The first-order valence-corrected chi connectivity index (χ1v) is 9.24. The SMILES string of the molecule is CCCOCC1C2C1n1c(c(O)c(O)cc1=O)C(=O)N2Cc1ccc(F)cc1. The largest absolute Gasteiger partial charge is 0.504 e. The summed E-state index contributed by atoms with van der Waals surface area (Å²) in [5.74, 6) is -2.24. The number of aromatic hydroxyl groups is 2. The van der Waals surface area contributed by atoms with Gasteiger partial charge in [-0.1, -0.05) is 19.1 Å². The van der Waals surface area contributed by atoms with Crippen LogP contribution in [0.15, 0.2) is 35.1 Å². The van der Waals surface area contributed by atoms with Crippen LogP contribution >= 0.6 is 0 Å². The lowest BCUT2D eigenvalue weighted by Crippen LogP contribution is -2.42. The van der Waals surface area contributed by atoms with E-state index in [0.717, 1.165) is 18.1 Å². The summed E-state index contributed by atoms with van der Waals surface area (Å²) in [5.41, 5.74) is -0.0245. The molecule has 2 aliphatic rings. The number of rotatable bonds is 6. The minimum Gasteiger partial charge on any atom is -0.504 e. The van der Waals surface area contributed by atoms with E-state index in [2.05, 4.69) is 0 Å². The van der Waals surface area contributed by atoms with Crippen LogP contribution in [-0.4, -0.2) is 44.8 Å². The number of hydrogen-bond acceptors (Lipinski definition) is 5. The highest BCUT2D eigenvalue weighted by Crippen LogP contribution is 2.52. The minimum absolute atomic E-state index is 0.0983. The fourth-order valence-electron chi connectivity index (χ4n) is 3.99. The van der Waals surface area contributed by atoms with Gasteiger partial charge in [0, 0.05) is 25.1 Å². The van der Waals surface area contributed by atoms with Crippen LogP contribution in [0, 0.1) is 11.7 Å². The van der Waals surface area contributed by atoms with E-state index in [1.54, 1.807) is 17.0 Å². The molecule has 2 N–H and O–H groups in total. The third-order valence-corrected chi connectivity index (χ3v) is 5.34. The number of carbonyl (C=O) groups is 1. The molecule has 3 atom stereocenters. The maximum absolute atomic E-state index is 13.2. The van der Waals surface area contributed by atoms with Gasteiger partial charge in [0.1, 0.15) is 5.82 Å². The van der Waals surface area contributed by atoms with Gasteiger partial charge in [0.25, 0.3) is 11.5 Å². The van der Waals surface area contributed by atoms with Gasteiger partial charge in [-0.3, -0.25) is 14.2 Å². The molecule has 28 heavy (non-hydrogen) atoms. The number of aromatic nitrogens is 1. The molecule has 1 amide bonds. The smallest absolute Gasteiger partial charge is 0.275 e. The summed E-state index contributed by atoms with van der Waals surface area (Å²) in [4.78, 5) is 27.1. The van der Waals surface area contributed by atoms with E-state index in [0.29, 0.717) is 13.2 Å². The Hall–Kier alpha value is -2.87. The average molecular weight is 388 g/mol. The molecule has 3 unspecified atom stereocenters. The fourth-order valence-corrected chi connectivity index (χ4v) is 3.99. The minimum atomic E-state index is -0.621. The topological polar surface area (TPSA) is 92.0 Å². The summed E-state index contributed by atoms with van der Waals surface area (Å²) < 4.78 is 20.1. The van der Waals surface area contributed by atoms with Gasteiger partial charge in [0.15, 0.2) is 17.2 Å². The summed E-state index contributed by atoms with van der Waals surface area (Å²) in [6, 6.07) is 6.14. The number of halogens is 1. The van der Waals surface area contributed by atoms with Crippen molar-refractivity contribution in [3.05, 3.63) is 57.8 Å². The highest BCUT2D eigenvalue weighted by molar-refractivity contribution is 5.97. The standard InChI is InChI=1S/C20H21FN2O5/c1-2-7-28-10-13-16-17(13)23-15(25)8-14(24)19(26)18(23)20(27)22(16)9-11-3-5-12(21)6-4-11/h3-6,8,13,16-17,24,26H,2,7,9-10H2,1H3. The van der Waals surface area contributed by atoms with Crippen LogP contribution in [0.25, 0.3) is 0 Å². The second-order valence-electron chi connectivity index (χ2n) is 7.21. The molecule has 148 valence electrons. The van der Waals surface area contributed by atoms with Crippen molar-refractivity contribution in [1.82, 2.24) is 9.47 Å². The first kappa shape index (κ1) is 18.5. The lowest BCUT2D eigenvalue weighted by Gasteiger charge is -2.29. The molecule has 7 nitrogen and oxygen atoms in total. The van der Waals surface area contributed by atoms with Crippen molar-refractivity contribution >= 4 is 5.91 Å². The Labute approximate surface area is 160 Å². The third kappa shape index (κ3) is 2.93. The van der Waals surface area contributed by atoms with Crippen molar-refractivity contribution in [2.75, 3.05) is 13.2 Å². The number of hydrogen-bond donors (Lipinski definition) is 2. The van der Waals surface area contributed by atoms with Gasteiger partial charge >= 0.3 is 0 Å². The summed E-state index contributed by atoms with van der Waals surface area (Å²) >= 11 is 0. The Balaban J connectivity index is 1.72. The molecule has 0 bridgehead atoms. The maximum atomic E-state index is 13.2. The molecule has 2 heterocycles. The van der Waals surface area contributed by atoms with Gasteiger partial charge in [0.05, 0.1) is 18.7 Å². The molecule has 1 fully saturated rings. The van der Waals surface area contributed by atoms with Crippen molar-refractivity contribution in [3.8, 4) is 11.5 Å². The first-order valence-electron chi connectivity index (χ1n) is 9.24. The number of ether oxygens (including phenoxy) is 1. The zero-order chi connectivity index (χ0) is 20.0. The Bertz CT molecular complexity index is 972. The molecule has 1 aromatic carbocycles. The molecule has 1 aliphatic heterocycles. The molecule has 4 rings (SSSR count). The first-order chi connectivity index (χ1) is 13.4. The van der Waals surface area contributed by atoms with Gasteiger partial charge in [0.2, 0.25) is 0 Å². The van der Waals surface area contributed by atoms with Gasteiger partial charge in [-0.15, -0.1) is 0 Å². The van der Waals surface area contributed by atoms with Crippen LogP contribution in [0.3, 0.4) is 0 Å². The Morgan fingerprint density at radius 1 is 1.14 bits per heavy atom. The van der Waals surface area contributed by atoms with Crippen LogP contribution in [0.1, 0.15) is 35.4 Å². The van der Waals surface area contributed by atoms with Gasteiger partial charge < -0.3 is 19.8 Å². The zero-order valence-electron chi connectivity index (χ0n) is 15.3. The summed E-state index contributed by atoms with van der Waals surface area (Å²) in [7, 11) is 0. The van der Waals surface area contributed by atoms with Crippen molar-refractivity contribution in [1.29, 1.82) is 0 Å². The number of benzene rings is 1. The van der Waals surface area contributed by atoms with E-state index in [1.807, 2.05) is 6.92 Å². The number of fused-ring (bicyclic) bond motifs is 3. The number of nitrogens with zero attached hydrogens (tertiary/aromatic N) is 2. The van der Waals surface area contributed by atoms with Gasteiger partial charge in [-0.25, -0.2) is 4.39 Å². The van der Waals surface area contributed by atoms with Crippen molar-refractivity contribution in [3.63, 3.8) is 0 Å². The van der Waals surface area contributed by atoms with Gasteiger partial charge in [-0.05, 0) is 24.1 Å². The lowest BCUT2D eigenvalue weighted by atomic mass is 10.1.